The van der Waals surface area contributed by atoms with Crippen LogP contribution in [-0.2, 0) is 9.53 Å². The van der Waals surface area contributed by atoms with Crippen LogP contribution in [0.3, 0.4) is 0 Å². The molecule has 0 fully saturated rings. The first-order chi connectivity index (χ1) is 12.3. The number of halogens is 1. The molecule has 0 unspecified atom stereocenters. The van der Waals surface area contributed by atoms with Gasteiger partial charge in [0.15, 0.2) is 11.5 Å². The lowest BCUT2D eigenvalue weighted by atomic mass is 9.94. The zero-order valence-corrected chi connectivity index (χ0v) is 16.8. The second-order valence-electron chi connectivity index (χ2n) is 5.98. The highest BCUT2D eigenvalue weighted by atomic mass is 79.9. The molecule has 1 heterocycles. The van der Waals surface area contributed by atoms with Gasteiger partial charge in [-0.1, -0.05) is 13.3 Å². The fraction of sp³-hybridized carbons (Fsp3) is 0.444. The Morgan fingerprint density at radius 3 is 2.73 bits per heavy atom. The topological polar surface area (TPSA) is 88.1 Å². The van der Waals surface area contributed by atoms with E-state index in [2.05, 4.69) is 21.2 Å². The summed E-state index contributed by atoms with van der Waals surface area (Å²) in [5.41, 5.74) is 1.46. The molecule has 2 N–H and O–H groups in total. The summed E-state index contributed by atoms with van der Waals surface area (Å²) >= 11 is 3.27. The molecule has 1 aliphatic heterocycles. The van der Waals surface area contributed by atoms with Crippen molar-refractivity contribution >= 4 is 27.9 Å². The van der Waals surface area contributed by atoms with Crippen LogP contribution in [0.4, 0.5) is 4.79 Å². The Balaban J connectivity index is 2.49. The highest BCUT2D eigenvalue weighted by Crippen LogP contribution is 2.40. The number of ether oxygens (including phenoxy) is 2. The Morgan fingerprint density at radius 1 is 1.42 bits per heavy atom. The maximum Gasteiger partial charge on any atom is 0.338 e. The van der Waals surface area contributed by atoms with Gasteiger partial charge in [-0.25, -0.2) is 9.59 Å². The fourth-order valence-corrected chi connectivity index (χ4v) is 3.11. The second kappa shape index (κ2) is 8.44. The van der Waals surface area contributed by atoms with Gasteiger partial charge in [0.2, 0.25) is 0 Å². The highest BCUT2D eigenvalue weighted by Gasteiger charge is 2.35. The molecule has 0 spiro atoms. The van der Waals surface area contributed by atoms with E-state index in [-0.39, 0.29) is 17.5 Å². The number of phenolic OH excluding ortho intramolecular Hbond substituents is 1. The van der Waals surface area contributed by atoms with Crippen molar-refractivity contribution in [2.24, 2.45) is 0 Å². The highest BCUT2D eigenvalue weighted by molar-refractivity contribution is 9.10. The van der Waals surface area contributed by atoms with Crippen LogP contribution in [0, 0.1) is 0 Å². The van der Waals surface area contributed by atoms with Crippen LogP contribution in [0.25, 0.3) is 0 Å². The maximum atomic E-state index is 12.7. The van der Waals surface area contributed by atoms with Gasteiger partial charge in [-0.3, -0.25) is 0 Å². The normalized spacial score (nSPS) is 17.2. The molecular weight excluding hydrogens is 404 g/mol. The molecular formula is C18H23BrN2O5. The number of phenols is 1. The number of amides is 2. The van der Waals surface area contributed by atoms with Crippen molar-refractivity contribution in [2.45, 2.75) is 32.7 Å². The summed E-state index contributed by atoms with van der Waals surface area (Å²) in [5, 5.41) is 12.8. The number of hydrogen-bond acceptors (Lipinski definition) is 5. The minimum atomic E-state index is -0.710. The maximum absolute atomic E-state index is 12.7. The molecule has 1 aliphatic rings. The summed E-state index contributed by atoms with van der Waals surface area (Å²) in [6, 6.07) is 2.18. The summed E-state index contributed by atoms with van der Waals surface area (Å²) in [6.07, 6.45) is 1.68. The monoisotopic (exact) mass is 426 g/mol. The number of unbranched alkanes of at least 4 members (excludes halogenated alkanes) is 1. The molecule has 1 aromatic carbocycles. The molecule has 0 saturated heterocycles. The number of methoxy groups -OCH3 is 1. The van der Waals surface area contributed by atoms with Gasteiger partial charge in [-0.2, -0.15) is 0 Å². The van der Waals surface area contributed by atoms with Crippen molar-refractivity contribution in [3.63, 3.8) is 0 Å². The third-order valence-corrected chi connectivity index (χ3v) is 4.91. The lowest BCUT2D eigenvalue weighted by Gasteiger charge is -2.33. The standard InChI is InChI=1S/C18H23BrN2O5/c1-5-6-7-26-17(23)14-10(2)21(3)18(24)20-15(14)11-8-12(19)16(22)13(9-11)25-4/h8-9,15,22H,5-7H2,1-4H3,(H,20,24)/t15-/m0/s1. The zero-order valence-electron chi connectivity index (χ0n) is 15.3. The fourth-order valence-electron chi connectivity index (χ4n) is 2.65. The lowest BCUT2D eigenvalue weighted by molar-refractivity contribution is -0.139. The molecule has 0 aromatic heterocycles. The number of carbonyl (C=O) groups is 2. The second-order valence-corrected chi connectivity index (χ2v) is 6.84. The molecule has 142 valence electrons. The molecule has 2 amide bonds. The molecule has 1 atom stereocenters. The van der Waals surface area contributed by atoms with E-state index in [1.54, 1.807) is 26.1 Å². The number of nitrogens with zero attached hydrogens (tertiary/aromatic N) is 1. The van der Waals surface area contributed by atoms with Gasteiger partial charge >= 0.3 is 12.0 Å². The Kier molecular flexibility index (Phi) is 6.52. The Bertz CT molecular complexity index is 747. The van der Waals surface area contributed by atoms with Gasteiger partial charge in [0, 0.05) is 12.7 Å². The zero-order chi connectivity index (χ0) is 19.4. The van der Waals surface area contributed by atoms with E-state index in [4.69, 9.17) is 9.47 Å². The molecule has 0 radical (unpaired) electrons. The van der Waals surface area contributed by atoms with Crippen LogP contribution in [0.1, 0.15) is 38.3 Å². The summed E-state index contributed by atoms with van der Waals surface area (Å²) < 4.78 is 10.9. The van der Waals surface area contributed by atoms with E-state index in [1.165, 1.54) is 12.0 Å². The number of esters is 1. The van der Waals surface area contributed by atoms with Gasteiger partial charge < -0.3 is 24.8 Å². The average molecular weight is 427 g/mol. The molecule has 7 nitrogen and oxygen atoms in total. The van der Waals surface area contributed by atoms with Crippen molar-refractivity contribution in [3.8, 4) is 11.5 Å². The van der Waals surface area contributed by atoms with Crippen molar-refractivity contribution in [2.75, 3.05) is 20.8 Å². The van der Waals surface area contributed by atoms with E-state index < -0.39 is 12.0 Å². The van der Waals surface area contributed by atoms with Gasteiger partial charge in [-0.05, 0) is 47.0 Å². The summed E-state index contributed by atoms with van der Waals surface area (Å²) in [5.74, 6) is -0.293. The average Bonchev–Trinajstić information content (AvgIpc) is 2.61. The lowest BCUT2D eigenvalue weighted by Crippen LogP contribution is -2.46. The molecule has 1 aromatic rings. The predicted molar refractivity (Wildman–Crippen MR) is 100.0 cm³/mol. The quantitative estimate of drug-likeness (QED) is 0.536. The molecule has 0 aliphatic carbocycles. The number of carbonyl (C=O) groups excluding carboxylic acids is 2. The van der Waals surface area contributed by atoms with Crippen LogP contribution in [0.2, 0.25) is 0 Å². The van der Waals surface area contributed by atoms with Gasteiger partial charge in [0.25, 0.3) is 0 Å². The number of rotatable bonds is 6. The van der Waals surface area contributed by atoms with Gasteiger partial charge in [0.05, 0.1) is 29.8 Å². The molecule has 0 saturated carbocycles. The van der Waals surface area contributed by atoms with Gasteiger partial charge in [-0.15, -0.1) is 0 Å². The predicted octanol–water partition coefficient (Wildman–Crippen LogP) is 3.48. The molecule has 26 heavy (non-hydrogen) atoms. The largest absolute Gasteiger partial charge is 0.503 e. The van der Waals surface area contributed by atoms with E-state index in [0.29, 0.717) is 27.9 Å². The number of aromatic hydroxyl groups is 1. The Hall–Kier alpha value is -2.22. The van der Waals surface area contributed by atoms with Crippen molar-refractivity contribution < 1.29 is 24.2 Å². The molecule has 0 bridgehead atoms. The van der Waals surface area contributed by atoms with E-state index in [1.807, 2.05) is 6.92 Å². The first kappa shape index (κ1) is 20.1. The number of hydrogen-bond donors (Lipinski definition) is 2. The Morgan fingerprint density at radius 2 is 2.12 bits per heavy atom. The van der Waals surface area contributed by atoms with E-state index in [9.17, 15) is 14.7 Å². The van der Waals surface area contributed by atoms with Crippen molar-refractivity contribution in [3.05, 3.63) is 33.4 Å². The third kappa shape index (κ3) is 3.95. The SMILES string of the molecule is CCCCOC(=O)C1=C(C)N(C)C(=O)N[C@H]1c1cc(Br)c(O)c(OC)c1. The number of benzene rings is 1. The first-order valence-electron chi connectivity index (χ1n) is 8.30. The minimum absolute atomic E-state index is 0.0525. The summed E-state index contributed by atoms with van der Waals surface area (Å²) in [7, 11) is 3.02. The van der Waals surface area contributed by atoms with Gasteiger partial charge in [0.1, 0.15) is 0 Å². The smallest absolute Gasteiger partial charge is 0.338 e. The number of urea groups is 1. The minimum Gasteiger partial charge on any atom is -0.503 e. The van der Waals surface area contributed by atoms with Crippen molar-refractivity contribution in [1.29, 1.82) is 0 Å². The summed E-state index contributed by atoms with van der Waals surface area (Å²) in [4.78, 5) is 26.3. The van der Waals surface area contributed by atoms with Crippen molar-refractivity contribution in [1.82, 2.24) is 10.2 Å². The third-order valence-electron chi connectivity index (χ3n) is 4.31. The Labute approximate surface area is 161 Å². The number of allylic oxidation sites excluding steroid dienone is 1. The van der Waals surface area contributed by atoms with Crippen LogP contribution >= 0.6 is 15.9 Å². The van der Waals surface area contributed by atoms with Crippen LogP contribution < -0.4 is 10.1 Å². The molecule has 8 heteroatoms. The summed E-state index contributed by atoms with van der Waals surface area (Å²) in [6.45, 7) is 4.03. The first-order valence-corrected chi connectivity index (χ1v) is 9.09. The van der Waals surface area contributed by atoms with Crippen LogP contribution in [-0.4, -0.2) is 42.8 Å². The molecule has 2 rings (SSSR count). The number of nitrogens with one attached hydrogen (secondary N) is 1. The van der Waals surface area contributed by atoms with E-state index in [0.717, 1.165) is 12.8 Å². The van der Waals surface area contributed by atoms with Crippen LogP contribution in [0.5, 0.6) is 11.5 Å². The van der Waals surface area contributed by atoms with Crippen LogP contribution in [0.15, 0.2) is 27.9 Å². The van der Waals surface area contributed by atoms with E-state index >= 15 is 0 Å².